The lowest BCUT2D eigenvalue weighted by Crippen LogP contribution is -2.46. The first-order chi connectivity index (χ1) is 12.9. The van der Waals surface area contributed by atoms with Gasteiger partial charge in [-0.25, -0.2) is 8.42 Å². The second-order valence-corrected chi connectivity index (χ2v) is 9.42. The van der Waals surface area contributed by atoms with Crippen molar-refractivity contribution >= 4 is 27.9 Å². The Hall–Kier alpha value is -2.19. The fourth-order valence-corrected chi connectivity index (χ4v) is 3.97. The minimum absolute atomic E-state index is 0.0402. The summed E-state index contributed by atoms with van der Waals surface area (Å²) in [6.45, 7) is 9.98. The zero-order valence-corrected chi connectivity index (χ0v) is 18.3. The summed E-state index contributed by atoms with van der Waals surface area (Å²) in [5.41, 5.74) is 0.337. The van der Waals surface area contributed by atoms with Crippen LogP contribution in [-0.2, 0) is 19.6 Å². The molecule has 2 amide bonds. The van der Waals surface area contributed by atoms with Crippen LogP contribution in [0.4, 0.5) is 0 Å². The molecule has 0 radical (unpaired) electrons. The summed E-state index contributed by atoms with van der Waals surface area (Å²) in [5.74, 6) is -0.549. The van der Waals surface area contributed by atoms with Crippen LogP contribution >= 0.6 is 0 Å². The minimum Gasteiger partial charge on any atom is -0.350 e. The van der Waals surface area contributed by atoms with E-state index < -0.39 is 10.0 Å². The van der Waals surface area contributed by atoms with Crippen LogP contribution < -0.4 is 5.32 Å². The Morgan fingerprint density at radius 1 is 1.07 bits per heavy atom. The van der Waals surface area contributed by atoms with E-state index in [-0.39, 0.29) is 28.8 Å². The molecule has 0 aromatic heterocycles. The van der Waals surface area contributed by atoms with E-state index in [2.05, 4.69) is 5.32 Å². The van der Waals surface area contributed by atoms with Gasteiger partial charge < -0.3 is 10.2 Å². The van der Waals surface area contributed by atoms with Crippen LogP contribution in [0.15, 0.2) is 35.2 Å². The van der Waals surface area contributed by atoms with Crippen molar-refractivity contribution in [3.8, 4) is 0 Å². The number of amides is 2. The quantitative estimate of drug-likeness (QED) is 0.666. The zero-order valence-electron chi connectivity index (χ0n) is 17.5. The van der Waals surface area contributed by atoms with Crippen LogP contribution in [0.1, 0.15) is 40.2 Å². The van der Waals surface area contributed by atoms with Crippen molar-refractivity contribution in [2.75, 3.05) is 26.7 Å². The van der Waals surface area contributed by atoms with Gasteiger partial charge >= 0.3 is 0 Å². The molecule has 0 saturated heterocycles. The third-order valence-electron chi connectivity index (χ3n) is 3.91. The predicted octanol–water partition coefficient (Wildman–Crippen LogP) is 2.10. The van der Waals surface area contributed by atoms with Crippen LogP contribution in [0, 0.1) is 0 Å². The average molecular weight is 410 g/mol. The molecule has 0 bridgehead atoms. The second kappa shape index (κ2) is 9.84. The SMILES string of the molecule is CCN(CC)S(=O)(=O)c1ccc(/C=C/C(=O)N(C)CC(=O)NC(C)(C)C)cc1. The molecule has 0 heterocycles. The molecule has 1 aromatic rings. The number of nitrogens with one attached hydrogen (secondary N) is 1. The molecule has 28 heavy (non-hydrogen) atoms. The Bertz CT molecular complexity index is 805. The van der Waals surface area contributed by atoms with Gasteiger partial charge in [0.2, 0.25) is 21.8 Å². The van der Waals surface area contributed by atoms with Crippen LogP contribution in [0.3, 0.4) is 0 Å². The molecule has 0 spiro atoms. The molecular weight excluding hydrogens is 378 g/mol. The van der Waals surface area contributed by atoms with Crippen molar-refractivity contribution in [3.63, 3.8) is 0 Å². The molecule has 8 heteroatoms. The minimum atomic E-state index is -3.50. The first-order valence-electron chi connectivity index (χ1n) is 9.25. The van der Waals surface area contributed by atoms with Crippen LogP contribution in [0.25, 0.3) is 6.08 Å². The normalized spacial score (nSPS) is 12.4. The van der Waals surface area contributed by atoms with E-state index in [9.17, 15) is 18.0 Å². The number of hydrogen-bond donors (Lipinski definition) is 1. The van der Waals surface area contributed by atoms with E-state index in [4.69, 9.17) is 0 Å². The number of carbonyl (C=O) groups excluding carboxylic acids is 2. The molecule has 7 nitrogen and oxygen atoms in total. The Morgan fingerprint density at radius 3 is 2.07 bits per heavy atom. The van der Waals surface area contributed by atoms with Gasteiger partial charge in [0.25, 0.3) is 0 Å². The van der Waals surface area contributed by atoms with Gasteiger partial charge in [-0.3, -0.25) is 9.59 Å². The Morgan fingerprint density at radius 2 is 1.61 bits per heavy atom. The Labute approximate surface area is 168 Å². The van der Waals surface area contributed by atoms with Gasteiger partial charge in [0.05, 0.1) is 11.4 Å². The highest BCUT2D eigenvalue weighted by Gasteiger charge is 2.21. The third kappa shape index (κ3) is 7.09. The fourth-order valence-electron chi connectivity index (χ4n) is 2.51. The Balaban J connectivity index is 2.77. The third-order valence-corrected chi connectivity index (χ3v) is 5.98. The van der Waals surface area contributed by atoms with Gasteiger partial charge in [0.1, 0.15) is 0 Å². The largest absolute Gasteiger partial charge is 0.350 e. The van der Waals surface area contributed by atoms with Gasteiger partial charge in [-0.2, -0.15) is 4.31 Å². The molecule has 0 fully saturated rings. The molecule has 1 aromatic carbocycles. The standard InChI is InChI=1S/C20H31N3O4S/c1-7-23(8-2)28(26,27)17-12-9-16(10-13-17)11-14-19(25)22(6)15-18(24)21-20(3,4)5/h9-14H,7-8,15H2,1-6H3,(H,21,24)/b14-11+. The highest BCUT2D eigenvalue weighted by Crippen LogP contribution is 2.16. The van der Waals surface area contributed by atoms with E-state index in [1.165, 1.54) is 27.4 Å². The van der Waals surface area contributed by atoms with E-state index in [0.717, 1.165) is 0 Å². The molecule has 0 aliphatic carbocycles. The second-order valence-electron chi connectivity index (χ2n) is 7.48. The topological polar surface area (TPSA) is 86.8 Å². The lowest BCUT2D eigenvalue weighted by Gasteiger charge is -2.22. The molecule has 0 aliphatic rings. The van der Waals surface area contributed by atoms with Crippen molar-refractivity contribution in [1.82, 2.24) is 14.5 Å². The number of hydrogen-bond acceptors (Lipinski definition) is 4. The summed E-state index contributed by atoms with van der Waals surface area (Å²) in [5, 5.41) is 2.80. The van der Waals surface area contributed by atoms with E-state index in [1.807, 2.05) is 20.8 Å². The average Bonchev–Trinajstić information content (AvgIpc) is 2.59. The monoisotopic (exact) mass is 409 g/mol. The molecule has 0 aliphatic heterocycles. The molecule has 1 rings (SSSR count). The summed E-state index contributed by atoms with van der Waals surface area (Å²) < 4.78 is 26.3. The fraction of sp³-hybridized carbons (Fsp3) is 0.500. The molecular formula is C20H31N3O4S. The van der Waals surface area contributed by atoms with Gasteiger partial charge in [0, 0.05) is 31.8 Å². The van der Waals surface area contributed by atoms with Crippen molar-refractivity contribution in [3.05, 3.63) is 35.9 Å². The molecule has 0 unspecified atom stereocenters. The smallest absolute Gasteiger partial charge is 0.246 e. The molecule has 0 saturated carbocycles. The number of rotatable bonds is 8. The summed E-state index contributed by atoms with van der Waals surface area (Å²) in [6.07, 6.45) is 2.95. The highest BCUT2D eigenvalue weighted by molar-refractivity contribution is 7.89. The first-order valence-corrected chi connectivity index (χ1v) is 10.7. The maximum absolute atomic E-state index is 12.5. The van der Waals surface area contributed by atoms with Crippen molar-refractivity contribution in [2.45, 2.75) is 45.1 Å². The predicted molar refractivity (Wildman–Crippen MR) is 111 cm³/mol. The number of sulfonamides is 1. The van der Waals surface area contributed by atoms with Gasteiger partial charge in [-0.1, -0.05) is 26.0 Å². The maximum Gasteiger partial charge on any atom is 0.246 e. The van der Waals surface area contributed by atoms with Crippen molar-refractivity contribution < 1.29 is 18.0 Å². The zero-order chi connectivity index (χ0) is 21.5. The highest BCUT2D eigenvalue weighted by atomic mass is 32.2. The maximum atomic E-state index is 12.5. The van der Waals surface area contributed by atoms with Crippen molar-refractivity contribution in [2.24, 2.45) is 0 Å². The van der Waals surface area contributed by atoms with Crippen LogP contribution in [0.2, 0.25) is 0 Å². The number of benzene rings is 1. The number of likely N-dealkylation sites (N-methyl/N-ethyl adjacent to an activating group) is 1. The summed E-state index contributed by atoms with van der Waals surface area (Å²) >= 11 is 0. The lowest BCUT2D eigenvalue weighted by atomic mass is 10.1. The van der Waals surface area contributed by atoms with Gasteiger partial charge in [-0.15, -0.1) is 0 Å². The van der Waals surface area contributed by atoms with E-state index >= 15 is 0 Å². The number of carbonyl (C=O) groups is 2. The Kier molecular flexibility index (Phi) is 8.38. The van der Waals surface area contributed by atoms with Crippen LogP contribution in [-0.4, -0.2) is 61.7 Å². The lowest BCUT2D eigenvalue weighted by molar-refractivity contribution is -0.131. The summed E-state index contributed by atoms with van der Waals surface area (Å²) in [7, 11) is -1.95. The van der Waals surface area contributed by atoms with E-state index in [0.29, 0.717) is 18.7 Å². The summed E-state index contributed by atoms with van der Waals surface area (Å²) in [6, 6.07) is 6.34. The first kappa shape index (κ1) is 23.8. The molecule has 0 atom stereocenters. The van der Waals surface area contributed by atoms with E-state index in [1.54, 1.807) is 39.1 Å². The van der Waals surface area contributed by atoms with Crippen LogP contribution in [0.5, 0.6) is 0 Å². The van der Waals surface area contributed by atoms with Gasteiger partial charge in [0.15, 0.2) is 0 Å². The number of nitrogens with zero attached hydrogens (tertiary/aromatic N) is 2. The van der Waals surface area contributed by atoms with Gasteiger partial charge in [-0.05, 0) is 44.5 Å². The van der Waals surface area contributed by atoms with Crippen molar-refractivity contribution in [1.29, 1.82) is 0 Å². The summed E-state index contributed by atoms with van der Waals surface area (Å²) in [4.78, 5) is 25.6. The molecule has 156 valence electrons. The molecule has 1 N–H and O–H groups in total.